The number of carboxylic acid groups (broad SMARTS) is 1. The highest BCUT2D eigenvalue weighted by atomic mass is 16.7. The number of aliphatic imine (C=N–C) groups is 2. The van der Waals surface area contributed by atoms with Gasteiger partial charge in [-0.1, -0.05) is 30.3 Å². The molecule has 1 aliphatic heterocycles. The van der Waals surface area contributed by atoms with Crippen LogP contribution in [-0.4, -0.2) is 126 Å². The number of aromatic carboxylic acids is 1. The minimum Gasteiger partial charge on any atom is -0.504 e. The van der Waals surface area contributed by atoms with E-state index in [1.165, 1.54) is 20.2 Å². The molecular weight excluding hydrogens is 740 g/mol. The van der Waals surface area contributed by atoms with Crippen molar-refractivity contribution >= 4 is 23.9 Å². The maximum absolute atomic E-state index is 13.3. The van der Waals surface area contributed by atoms with Gasteiger partial charge >= 0.3 is 11.9 Å². The zero-order valence-electron chi connectivity index (χ0n) is 30.5. The number of aliphatic hydroxyl groups excluding tert-OH is 3. The molecule has 5 atom stereocenters. The number of phenols is 2. The molecule has 0 amide bonds. The molecule has 304 valence electrons. The van der Waals surface area contributed by atoms with Crippen LogP contribution in [0.4, 0.5) is 0 Å². The molecule has 3 aromatic rings. The molecule has 0 aromatic heterocycles. The summed E-state index contributed by atoms with van der Waals surface area (Å²) < 4.78 is 33.7. The minimum atomic E-state index is -1.90. The average Bonchev–Trinajstić information content (AvgIpc) is 3.18. The number of nitrogens with one attached hydrogen (secondary N) is 1. The van der Waals surface area contributed by atoms with E-state index in [1.54, 1.807) is 0 Å². The van der Waals surface area contributed by atoms with Gasteiger partial charge < -0.3 is 81.6 Å². The summed E-state index contributed by atoms with van der Waals surface area (Å²) in [7, 11) is 2.65. The SMILES string of the molecule is CN=C(N)NCOc1cc(C(=O)O)cc(CCCN=C(N)N)c1O[C@@H]1O[C@H](COC(=O)c2cc(OC)c(O)c(OCCc3ccccc3)c2O)[C@@H](O)[C@H](O)[C@H]1O. The Morgan fingerprint density at radius 3 is 2.30 bits per heavy atom. The standard InChI is InChI=1S/C36H46N6O14/c1-40-36(39)42-17-54-23-14-20(32(48)49)13-19(9-6-11-41-35(37)38)30(23)56-34-29(47)28(46)26(44)24(55-34)16-53-33(50)21-15-22(51-2)27(45)31(25(21)43)52-12-10-18-7-4-3-5-8-18/h3-5,7-8,13-15,24,26,28-29,34,43-47H,6,9-12,16-17H2,1-2H3,(H,48,49)(H4,37,38,41)(H3,39,40,42)/t24-,26-,28+,29-,34+/m1/s1. The summed E-state index contributed by atoms with van der Waals surface area (Å²) in [6.45, 7) is -0.885. The van der Waals surface area contributed by atoms with Crippen LogP contribution in [0.15, 0.2) is 58.5 Å². The predicted molar refractivity (Wildman–Crippen MR) is 198 cm³/mol. The van der Waals surface area contributed by atoms with E-state index >= 15 is 0 Å². The highest BCUT2D eigenvalue weighted by Gasteiger charge is 2.46. The Hall–Kier alpha value is -6.22. The molecular formula is C36H46N6O14. The lowest BCUT2D eigenvalue weighted by atomic mass is 9.99. The molecule has 1 saturated heterocycles. The molecule has 0 saturated carbocycles. The van der Waals surface area contributed by atoms with Gasteiger partial charge in [-0.3, -0.25) is 9.98 Å². The van der Waals surface area contributed by atoms with E-state index in [2.05, 4.69) is 15.3 Å². The maximum Gasteiger partial charge on any atom is 0.342 e. The Morgan fingerprint density at radius 1 is 0.911 bits per heavy atom. The van der Waals surface area contributed by atoms with Crippen LogP contribution in [0.1, 0.15) is 38.3 Å². The number of guanidine groups is 2. The highest BCUT2D eigenvalue weighted by Crippen LogP contribution is 2.46. The zero-order valence-corrected chi connectivity index (χ0v) is 30.5. The normalized spacial score (nSPS) is 19.4. The van der Waals surface area contributed by atoms with Crippen molar-refractivity contribution in [1.29, 1.82) is 0 Å². The Bertz CT molecular complexity index is 1870. The summed E-state index contributed by atoms with van der Waals surface area (Å²) in [5.74, 6) is -4.84. The molecule has 1 heterocycles. The second-order valence-corrected chi connectivity index (χ2v) is 12.2. The lowest BCUT2D eigenvalue weighted by Gasteiger charge is -2.40. The molecule has 0 unspecified atom stereocenters. The number of aliphatic hydroxyl groups is 3. The Balaban J connectivity index is 1.57. The van der Waals surface area contributed by atoms with E-state index in [-0.39, 0.29) is 66.6 Å². The molecule has 20 nitrogen and oxygen atoms in total. The van der Waals surface area contributed by atoms with Crippen LogP contribution in [0, 0.1) is 0 Å². The lowest BCUT2D eigenvalue weighted by Crippen LogP contribution is -2.60. The summed E-state index contributed by atoms with van der Waals surface area (Å²) in [5, 5.41) is 66.6. The second kappa shape index (κ2) is 19.9. The van der Waals surface area contributed by atoms with Crippen LogP contribution < -0.4 is 41.5 Å². The van der Waals surface area contributed by atoms with E-state index in [0.717, 1.165) is 17.7 Å². The Morgan fingerprint density at radius 2 is 1.64 bits per heavy atom. The number of rotatable bonds is 18. The van der Waals surface area contributed by atoms with Gasteiger partial charge in [-0.05, 0) is 36.1 Å². The van der Waals surface area contributed by atoms with Gasteiger partial charge in [0.25, 0.3) is 0 Å². The van der Waals surface area contributed by atoms with Gasteiger partial charge in [-0.2, -0.15) is 0 Å². The number of aromatic hydroxyl groups is 2. The predicted octanol–water partition coefficient (Wildman–Crippen LogP) is -0.454. The first-order chi connectivity index (χ1) is 26.7. The average molecular weight is 787 g/mol. The largest absolute Gasteiger partial charge is 0.504 e. The van der Waals surface area contributed by atoms with E-state index in [1.807, 2.05) is 30.3 Å². The second-order valence-electron chi connectivity index (χ2n) is 12.2. The van der Waals surface area contributed by atoms with Gasteiger partial charge in [0, 0.05) is 26.1 Å². The van der Waals surface area contributed by atoms with Crippen molar-refractivity contribution < 1.29 is 68.6 Å². The van der Waals surface area contributed by atoms with Crippen molar-refractivity contribution in [3.63, 3.8) is 0 Å². The Kier molecular flexibility index (Phi) is 15.1. The number of phenolic OH excluding ortho intramolecular Hbond substituents is 2. The summed E-state index contributed by atoms with van der Waals surface area (Å²) in [6, 6.07) is 12.7. The number of esters is 1. The van der Waals surface area contributed by atoms with Crippen molar-refractivity contribution in [1.82, 2.24) is 5.32 Å². The third-order valence-electron chi connectivity index (χ3n) is 8.39. The fourth-order valence-corrected chi connectivity index (χ4v) is 5.44. The number of hydrogen-bond acceptors (Lipinski definition) is 15. The fourth-order valence-electron chi connectivity index (χ4n) is 5.44. The third-order valence-corrected chi connectivity index (χ3v) is 8.39. The van der Waals surface area contributed by atoms with Crippen molar-refractivity contribution in [3.05, 3.63) is 70.8 Å². The number of hydrogen-bond donors (Lipinski definition) is 10. The van der Waals surface area contributed by atoms with Crippen molar-refractivity contribution in [2.24, 2.45) is 27.2 Å². The van der Waals surface area contributed by atoms with Gasteiger partial charge in [-0.25, -0.2) is 9.59 Å². The number of carbonyl (C=O) groups is 2. The maximum atomic E-state index is 13.3. The molecule has 1 fully saturated rings. The minimum absolute atomic E-state index is 0.00530. The van der Waals surface area contributed by atoms with E-state index in [9.17, 15) is 40.2 Å². The van der Waals surface area contributed by atoms with Crippen molar-refractivity contribution in [2.75, 3.05) is 40.6 Å². The molecule has 4 rings (SSSR count). The van der Waals surface area contributed by atoms with Crippen LogP contribution in [0.3, 0.4) is 0 Å². The molecule has 3 aromatic carbocycles. The first-order valence-electron chi connectivity index (χ1n) is 17.1. The van der Waals surface area contributed by atoms with Crippen molar-refractivity contribution in [2.45, 2.75) is 50.0 Å². The third kappa shape index (κ3) is 10.9. The highest BCUT2D eigenvalue weighted by molar-refractivity contribution is 5.95. The Labute approximate surface area is 320 Å². The van der Waals surface area contributed by atoms with Gasteiger partial charge in [0.1, 0.15) is 36.6 Å². The first-order valence-corrected chi connectivity index (χ1v) is 17.1. The van der Waals surface area contributed by atoms with E-state index in [0.29, 0.717) is 12.8 Å². The molecule has 0 bridgehead atoms. The monoisotopic (exact) mass is 786 g/mol. The molecule has 56 heavy (non-hydrogen) atoms. The van der Waals surface area contributed by atoms with Crippen LogP contribution in [0.5, 0.6) is 34.5 Å². The van der Waals surface area contributed by atoms with Crippen molar-refractivity contribution in [3.8, 4) is 34.5 Å². The van der Waals surface area contributed by atoms with Gasteiger partial charge in [0.15, 0.2) is 41.6 Å². The smallest absolute Gasteiger partial charge is 0.342 e. The van der Waals surface area contributed by atoms with Crippen LogP contribution >= 0.6 is 0 Å². The summed E-state index contributed by atoms with van der Waals surface area (Å²) >= 11 is 0. The molecule has 1 aliphatic rings. The molecule has 0 aliphatic carbocycles. The summed E-state index contributed by atoms with van der Waals surface area (Å²) in [6.07, 6.45) is -8.06. The number of nitrogens with zero attached hydrogens (tertiary/aromatic N) is 2. The van der Waals surface area contributed by atoms with Crippen LogP contribution in [0.25, 0.3) is 0 Å². The molecule has 0 radical (unpaired) electrons. The molecule has 0 spiro atoms. The number of benzene rings is 3. The molecule has 20 heteroatoms. The summed E-state index contributed by atoms with van der Waals surface area (Å²) in [5.41, 5.74) is 17.0. The van der Waals surface area contributed by atoms with Gasteiger partial charge in [0.05, 0.1) is 19.3 Å². The quantitative estimate of drug-likeness (QED) is 0.0256. The zero-order chi connectivity index (χ0) is 40.9. The first kappa shape index (κ1) is 42.5. The fraction of sp³-hybridized carbons (Fsp3) is 0.389. The number of carbonyl (C=O) groups excluding carboxylic acids is 1. The van der Waals surface area contributed by atoms with Gasteiger partial charge in [0.2, 0.25) is 17.8 Å². The number of ether oxygens (including phenoxy) is 6. The van der Waals surface area contributed by atoms with Gasteiger partial charge in [-0.15, -0.1) is 0 Å². The number of nitrogens with two attached hydrogens (primary N) is 3. The lowest BCUT2D eigenvalue weighted by molar-refractivity contribution is -0.277. The number of carboxylic acids is 1. The van der Waals surface area contributed by atoms with Crippen LogP contribution in [-0.2, 0) is 22.3 Å². The topological polar surface area (TPSA) is 326 Å². The number of methoxy groups -OCH3 is 1. The van der Waals surface area contributed by atoms with Crippen LogP contribution in [0.2, 0.25) is 0 Å². The molecule has 13 N–H and O–H groups in total. The van der Waals surface area contributed by atoms with E-state index in [4.69, 9.17) is 45.6 Å². The summed E-state index contributed by atoms with van der Waals surface area (Å²) in [4.78, 5) is 33.0. The number of aryl methyl sites for hydroxylation is 1. The van der Waals surface area contributed by atoms with E-state index < -0.39 is 72.1 Å².